The maximum Gasteiger partial charge on any atom is 0.334 e. The van der Waals surface area contributed by atoms with Crippen molar-refractivity contribution in [3.05, 3.63) is 23.3 Å². The zero-order valence-corrected chi connectivity index (χ0v) is 7.59. The number of cyclic esters (lactones) is 1. The van der Waals surface area contributed by atoms with Gasteiger partial charge in [0.15, 0.2) is 0 Å². The van der Waals surface area contributed by atoms with Gasteiger partial charge in [-0.15, -0.1) is 0 Å². The van der Waals surface area contributed by atoms with Crippen molar-refractivity contribution < 1.29 is 9.53 Å². The molecule has 1 aliphatic heterocycles. The molecule has 0 fully saturated rings. The predicted molar refractivity (Wildman–Crippen MR) is 47.7 cm³/mol. The van der Waals surface area contributed by atoms with Crippen LogP contribution < -0.4 is 0 Å². The van der Waals surface area contributed by atoms with Crippen molar-refractivity contribution in [3.8, 4) is 0 Å². The highest BCUT2D eigenvalue weighted by molar-refractivity contribution is 5.91. The number of hydrogen-bond donors (Lipinski definition) is 0. The van der Waals surface area contributed by atoms with Crippen LogP contribution in [0.3, 0.4) is 0 Å². The molecule has 66 valence electrons. The highest BCUT2D eigenvalue weighted by Gasteiger charge is 2.19. The summed E-state index contributed by atoms with van der Waals surface area (Å²) in [4.78, 5) is 11.1. The van der Waals surface area contributed by atoms with E-state index in [-0.39, 0.29) is 5.97 Å². The van der Waals surface area contributed by atoms with Crippen molar-refractivity contribution in [2.45, 2.75) is 26.7 Å². The number of esters is 1. The van der Waals surface area contributed by atoms with E-state index in [1.165, 1.54) is 0 Å². The van der Waals surface area contributed by atoms with Gasteiger partial charge < -0.3 is 4.74 Å². The molecule has 0 aliphatic carbocycles. The second-order valence-corrected chi connectivity index (χ2v) is 2.92. The van der Waals surface area contributed by atoms with Crippen LogP contribution in [0.15, 0.2) is 23.3 Å². The highest BCUT2D eigenvalue weighted by Crippen LogP contribution is 2.18. The maximum absolute atomic E-state index is 11.1. The molecule has 0 spiro atoms. The molecular weight excluding hydrogens is 152 g/mol. The first-order chi connectivity index (χ1) is 5.75. The van der Waals surface area contributed by atoms with E-state index in [1.54, 1.807) is 0 Å². The summed E-state index contributed by atoms with van der Waals surface area (Å²) in [5, 5.41) is 0. The smallest absolute Gasteiger partial charge is 0.334 e. The van der Waals surface area contributed by atoms with Gasteiger partial charge >= 0.3 is 5.97 Å². The number of carbonyl (C=O) groups is 1. The van der Waals surface area contributed by atoms with E-state index < -0.39 is 0 Å². The van der Waals surface area contributed by atoms with Crippen LogP contribution in [-0.4, -0.2) is 12.6 Å². The van der Waals surface area contributed by atoms with Crippen molar-refractivity contribution in [2.24, 2.45) is 0 Å². The monoisotopic (exact) mass is 166 g/mol. The Morgan fingerprint density at radius 1 is 1.50 bits per heavy atom. The molecule has 0 N–H and O–H groups in total. The molecule has 1 heterocycles. The Morgan fingerprint density at radius 3 is 2.75 bits per heavy atom. The van der Waals surface area contributed by atoms with E-state index in [0.717, 1.165) is 24.0 Å². The summed E-state index contributed by atoms with van der Waals surface area (Å²) >= 11 is 0. The fourth-order valence-corrected chi connectivity index (χ4v) is 1.15. The molecule has 0 amide bonds. The maximum atomic E-state index is 11.1. The van der Waals surface area contributed by atoms with Crippen LogP contribution in [-0.2, 0) is 9.53 Å². The van der Waals surface area contributed by atoms with Crippen LogP contribution in [0.2, 0.25) is 0 Å². The van der Waals surface area contributed by atoms with Crippen LogP contribution >= 0.6 is 0 Å². The van der Waals surface area contributed by atoms with Gasteiger partial charge in [0.05, 0.1) is 0 Å². The molecule has 1 aliphatic rings. The van der Waals surface area contributed by atoms with Crippen LogP contribution in [0.5, 0.6) is 0 Å². The average Bonchev–Trinajstić information content (AvgIpc) is 2.35. The van der Waals surface area contributed by atoms with Crippen molar-refractivity contribution in [1.82, 2.24) is 0 Å². The third-order valence-corrected chi connectivity index (χ3v) is 1.91. The fraction of sp³-hybridized carbons (Fsp3) is 0.500. The van der Waals surface area contributed by atoms with Gasteiger partial charge in [0.25, 0.3) is 0 Å². The molecule has 0 saturated heterocycles. The summed E-state index contributed by atoms with van der Waals surface area (Å²) in [5.74, 6) is -0.145. The quantitative estimate of drug-likeness (QED) is 0.474. The average molecular weight is 166 g/mol. The molecule has 2 heteroatoms. The second kappa shape index (κ2) is 4.10. The molecule has 0 atom stereocenters. The van der Waals surface area contributed by atoms with Gasteiger partial charge in [-0.25, -0.2) is 4.79 Å². The lowest BCUT2D eigenvalue weighted by Crippen LogP contribution is -1.97. The SMILES string of the molecule is CCC=CCC1=C(C)COC1=O. The van der Waals surface area contributed by atoms with Gasteiger partial charge in [0, 0.05) is 5.57 Å². The first kappa shape index (κ1) is 9.04. The van der Waals surface area contributed by atoms with E-state index in [1.807, 2.05) is 13.0 Å². The molecule has 0 aromatic carbocycles. The number of rotatable bonds is 3. The Labute approximate surface area is 72.9 Å². The zero-order valence-electron chi connectivity index (χ0n) is 7.59. The summed E-state index contributed by atoms with van der Waals surface area (Å²) < 4.78 is 4.86. The molecule has 2 nitrogen and oxygen atoms in total. The molecular formula is C10H14O2. The number of hydrogen-bond acceptors (Lipinski definition) is 2. The second-order valence-electron chi connectivity index (χ2n) is 2.92. The summed E-state index contributed by atoms with van der Waals surface area (Å²) in [6, 6.07) is 0. The van der Waals surface area contributed by atoms with Crippen LogP contribution in [0.25, 0.3) is 0 Å². The van der Waals surface area contributed by atoms with E-state index in [4.69, 9.17) is 4.74 Å². The third kappa shape index (κ3) is 1.97. The third-order valence-electron chi connectivity index (χ3n) is 1.91. The highest BCUT2D eigenvalue weighted by atomic mass is 16.5. The van der Waals surface area contributed by atoms with E-state index in [9.17, 15) is 4.79 Å². The lowest BCUT2D eigenvalue weighted by atomic mass is 10.1. The number of carbonyl (C=O) groups excluding carboxylic acids is 1. The van der Waals surface area contributed by atoms with Crippen molar-refractivity contribution in [1.29, 1.82) is 0 Å². The minimum Gasteiger partial charge on any atom is -0.458 e. The Bertz CT molecular complexity index is 236. The van der Waals surface area contributed by atoms with Crippen LogP contribution in [0, 0.1) is 0 Å². The molecule has 0 radical (unpaired) electrons. The zero-order chi connectivity index (χ0) is 8.97. The standard InChI is InChI=1S/C10H14O2/c1-3-4-5-6-9-8(2)7-12-10(9)11/h4-5H,3,6-7H2,1-2H3. The Balaban J connectivity index is 2.55. The van der Waals surface area contributed by atoms with Gasteiger partial charge in [0.2, 0.25) is 0 Å². The molecule has 0 saturated carbocycles. The van der Waals surface area contributed by atoms with Crippen molar-refractivity contribution in [2.75, 3.05) is 6.61 Å². The minimum absolute atomic E-state index is 0.145. The topological polar surface area (TPSA) is 26.3 Å². The molecule has 0 aromatic rings. The van der Waals surface area contributed by atoms with Crippen LogP contribution in [0.4, 0.5) is 0 Å². The van der Waals surface area contributed by atoms with Crippen molar-refractivity contribution in [3.63, 3.8) is 0 Å². The minimum atomic E-state index is -0.145. The molecule has 0 unspecified atom stereocenters. The summed E-state index contributed by atoms with van der Waals surface area (Å²) in [6.07, 6.45) is 5.82. The largest absolute Gasteiger partial charge is 0.458 e. The molecule has 0 aromatic heterocycles. The normalized spacial score (nSPS) is 17.7. The Kier molecular flexibility index (Phi) is 3.09. The van der Waals surface area contributed by atoms with Gasteiger partial charge in [-0.3, -0.25) is 0 Å². The molecule has 12 heavy (non-hydrogen) atoms. The van der Waals surface area contributed by atoms with Crippen LogP contribution in [0.1, 0.15) is 26.7 Å². The summed E-state index contributed by atoms with van der Waals surface area (Å²) in [7, 11) is 0. The van der Waals surface area contributed by atoms with Gasteiger partial charge in [-0.2, -0.15) is 0 Å². The first-order valence-corrected chi connectivity index (χ1v) is 4.26. The summed E-state index contributed by atoms with van der Waals surface area (Å²) in [6.45, 7) is 4.50. The van der Waals surface area contributed by atoms with E-state index >= 15 is 0 Å². The van der Waals surface area contributed by atoms with E-state index in [0.29, 0.717) is 6.61 Å². The van der Waals surface area contributed by atoms with Gasteiger partial charge in [-0.05, 0) is 25.3 Å². The number of allylic oxidation sites excluding steroid dienone is 2. The number of ether oxygens (including phenoxy) is 1. The Morgan fingerprint density at radius 2 is 2.25 bits per heavy atom. The van der Waals surface area contributed by atoms with Crippen molar-refractivity contribution >= 4 is 5.97 Å². The predicted octanol–water partition coefficient (Wildman–Crippen LogP) is 2.22. The lowest BCUT2D eigenvalue weighted by molar-refractivity contribution is -0.136. The van der Waals surface area contributed by atoms with Gasteiger partial charge in [0.1, 0.15) is 6.61 Å². The molecule has 0 bridgehead atoms. The Hall–Kier alpha value is -1.05. The summed E-state index contributed by atoms with van der Waals surface area (Å²) in [5.41, 5.74) is 1.90. The fourth-order valence-electron chi connectivity index (χ4n) is 1.15. The lowest BCUT2D eigenvalue weighted by Gasteiger charge is -1.93. The first-order valence-electron chi connectivity index (χ1n) is 4.26. The molecule has 1 rings (SSSR count). The van der Waals surface area contributed by atoms with Gasteiger partial charge in [-0.1, -0.05) is 19.1 Å². The van der Waals surface area contributed by atoms with E-state index in [2.05, 4.69) is 13.0 Å².